The summed E-state index contributed by atoms with van der Waals surface area (Å²) in [5, 5.41) is 2.74. The molecule has 0 bridgehead atoms. The van der Waals surface area contributed by atoms with E-state index in [0.717, 1.165) is 0 Å². The third-order valence-corrected chi connectivity index (χ3v) is 3.58. The van der Waals surface area contributed by atoms with Gasteiger partial charge in [0.25, 0.3) is 5.91 Å². The second-order valence-corrected chi connectivity index (χ2v) is 5.16. The van der Waals surface area contributed by atoms with Crippen LogP contribution in [0.25, 0.3) is 0 Å². The van der Waals surface area contributed by atoms with Gasteiger partial charge in [-0.15, -0.1) is 0 Å². The van der Waals surface area contributed by atoms with Crippen LogP contribution < -0.4 is 19.5 Å². The third kappa shape index (κ3) is 4.24. The predicted octanol–water partition coefficient (Wildman–Crippen LogP) is 3.14. The van der Waals surface area contributed by atoms with Crippen LogP contribution >= 0.6 is 0 Å². The first-order valence-electron chi connectivity index (χ1n) is 7.92. The van der Waals surface area contributed by atoms with E-state index in [0.29, 0.717) is 28.5 Å². The van der Waals surface area contributed by atoms with Gasteiger partial charge in [-0.2, -0.15) is 0 Å². The van der Waals surface area contributed by atoms with Crippen LogP contribution in [-0.4, -0.2) is 39.8 Å². The third-order valence-electron chi connectivity index (χ3n) is 3.58. The summed E-state index contributed by atoms with van der Waals surface area (Å²) in [5.74, 6) is 0.321. The first-order valence-corrected chi connectivity index (χ1v) is 7.92. The van der Waals surface area contributed by atoms with Gasteiger partial charge >= 0.3 is 5.97 Å². The van der Waals surface area contributed by atoms with E-state index in [4.69, 9.17) is 18.9 Å². The van der Waals surface area contributed by atoms with E-state index in [1.165, 1.54) is 27.4 Å². The van der Waals surface area contributed by atoms with E-state index >= 15 is 0 Å². The predicted molar refractivity (Wildman–Crippen MR) is 96.4 cm³/mol. The Morgan fingerprint density at radius 2 is 1.58 bits per heavy atom. The zero-order valence-electron chi connectivity index (χ0n) is 15.1. The number of ether oxygens (including phenoxy) is 4. The number of anilines is 1. The lowest BCUT2D eigenvalue weighted by Crippen LogP contribution is -2.14. The molecule has 0 saturated carbocycles. The molecular formula is C19H21NO6. The average molecular weight is 359 g/mol. The number of carbonyl (C=O) groups excluding carboxylic acids is 2. The maximum Gasteiger partial charge on any atom is 0.338 e. The van der Waals surface area contributed by atoms with Crippen molar-refractivity contribution in [3.8, 4) is 17.2 Å². The fourth-order valence-corrected chi connectivity index (χ4v) is 2.34. The van der Waals surface area contributed by atoms with Crippen LogP contribution in [0.1, 0.15) is 27.6 Å². The number of nitrogens with one attached hydrogen (secondary N) is 1. The molecule has 0 radical (unpaired) electrons. The Labute approximate surface area is 151 Å². The van der Waals surface area contributed by atoms with Crippen LogP contribution in [-0.2, 0) is 4.74 Å². The van der Waals surface area contributed by atoms with Crippen molar-refractivity contribution in [2.75, 3.05) is 33.3 Å². The van der Waals surface area contributed by atoms with Gasteiger partial charge in [0, 0.05) is 17.8 Å². The molecule has 0 atom stereocenters. The molecule has 0 aliphatic rings. The SMILES string of the molecule is CCOC(=O)c1cccc(NC(=O)c2cc(OC)c(OC)cc2OC)c1. The Morgan fingerprint density at radius 3 is 2.19 bits per heavy atom. The maximum absolute atomic E-state index is 12.7. The van der Waals surface area contributed by atoms with Gasteiger partial charge in [-0.1, -0.05) is 6.07 Å². The van der Waals surface area contributed by atoms with Crippen LogP contribution in [0.5, 0.6) is 17.2 Å². The molecule has 0 unspecified atom stereocenters. The molecular weight excluding hydrogens is 338 g/mol. The number of rotatable bonds is 7. The largest absolute Gasteiger partial charge is 0.496 e. The molecule has 2 aromatic rings. The maximum atomic E-state index is 12.7. The number of amides is 1. The molecule has 0 aromatic heterocycles. The lowest BCUT2D eigenvalue weighted by atomic mass is 10.1. The van der Waals surface area contributed by atoms with Gasteiger partial charge in [-0.3, -0.25) is 4.79 Å². The van der Waals surface area contributed by atoms with Crippen molar-refractivity contribution in [2.24, 2.45) is 0 Å². The molecule has 7 nitrogen and oxygen atoms in total. The highest BCUT2D eigenvalue weighted by molar-refractivity contribution is 6.07. The molecule has 0 aliphatic carbocycles. The quantitative estimate of drug-likeness (QED) is 0.765. The van der Waals surface area contributed by atoms with E-state index in [2.05, 4.69) is 5.32 Å². The Morgan fingerprint density at radius 1 is 0.923 bits per heavy atom. The van der Waals surface area contributed by atoms with E-state index in [9.17, 15) is 9.59 Å². The topological polar surface area (TPSA) is 83.1 Å². The summed E-state index contributed by atoms with van der Waals surface area (Å²) < 4.78 is 20.7. The minimum absolute atomic E-state index is 0.270. The number of hydrogen-bond donors (Lipinski definition) is 1. The van der Waals surface area contributed by atoms with E-state index in [-0.39, 0.29) is 12.2 Å². The molecule has 0 heterocycles. The summed E-state index contributed by atoms with van der Waals surface area (Å²) in [7, 11) is 4.44. The normalized spacial score (nSPS) is 10.0. The van der Waals surface area contributed by atoms with Crippen LogP contribution in [0, 0.1) is 0 Å². The monoisotopic (exact) mass is 359 g/mol. The molecule has 0 aliphatic heterocycles. The van der Waals surface area contributed by atoms with E-state index in [1.54, 1.807) is 37.3 Å². The number of hydrogen-bond acceptors (Lipinski definition) is 6. The van der Waals surface area contributed by atoms with Crippen molar-refractivity contribution in [2.45, 2.75) is 6.92 Å². The fourth-order valence-electron chi connectivity index (χ4n) is 2.34. The fraction of sp³-hybridized carbons (Fsp3) is 0.263. The smallest absolute Gasteiger partial charge is 0.338 e. The highest BCUT2D eigenvalue weighted by Gasteiger charge is 2.18. The van der Waals surface area contributed by atoms with Gasteiger partial charge in [0.1, 0.15) is 5.75 Å². The summed E-state index contributed by atoms with van der Waals surface area (Å²) in [6.45, 7) is 2.01. The van der Waals surface area contributed by atoms with Gasteiger partial charge in [-0.05, 0) is 25.1 Å². The second-order valence-electron chi connectivity index (χ2n) is 5.16. The standard InChI is InChI=1S/C19H21NO6/c1-5-26-19(22)12-7-6-8-13(9-12)20-18(21)14-10-16(24-3)17(25-4)11-15(14)23-2/h6-11H,5H2,1-4H3,(H,20,21). The van der Waals surface area contributed by atoms with Gasteiger partial charge < -0.3 is 24.3 Å². The first-order chi connectivity index (χ1) is 12.5. The highest BCUT2D eigenvalue weighted by Crippen LogP contribution is 2.35. The molecule has 1 amide bonds. The zero-order valence-corrected chi connectivity index (χ0v) is 15.1. The molecule has 2 aromatic carbocycles. The van der Waals surface area contributed by atoms with Crippen LogP contribution in [0.4, 0.5) is 5.69 Å². The summed E-state index contributed by atoms with van der Waals surface area (Å²) in [6.07, 6.45) is 0. The van der Waals surface area contributed by atoms with Gasteiger partial charge in [0.15, 0.2) is 11.5 Å². The molecule has 0 fully saturated rings. The van der Waals surface area contributed by atoms with Crippen molar-refractivity contribution in [3.63, 3.8) is 0 Å². The highest BCUT2D eigenvalue weighted by atomic mass is 16.5. The Kier molecular flexibility index (Phi) is 6.43. The summed E-state index contributed by atoms with van der Waals surface area (Å²) in [5.41, 5.74) is 1.08. The molecule has 26 heavy (non-hydrogen) atoms. The molecule has 138 valence electrons. The van der Waals surface area contributed by atoms with Crippen molar-refractivity contribution in [1.82, 2.24) is 0 Å². The number of carbonyl (C=O) groups is 2. The average Bonchev–Trinajstić information content (AvgIpc) is 2.67. The molecule has 1 N–H and O–H groups in total. The Hall–Kier alpha value is -3.22. The summed E-state index contributed by atoms with van der Waals surface area (Å²) in [6, 6.07) is 9.60. The number of esters is 1. The Balaban J connectivity index is 2.30. The summed E-state index contributed by atoms with van der Waals surface area (Å²) in [4.78, 5) is 24.5. The first kappa shape index (κ1) is 19.1. The number of methoxy groups -OCH3 is 3. The minimum Gasteiger partial charge on any atom is -0.496 e. The molecule has 0 spiro atoms. The van der Waals surface area contributed by atoms with Gasteiger partial charge in [0.05, 0.1) is 39.1 Å². The summed E-state index contributed by atoms with van der Waals surface area (Å²) >= 11 is 0. The lowest BCUT2D eigenvalue weighted by Gasteiger charge is -2.14. The van der Waals surface area contributed by atoms with E-state index in [1.807, 2.05) is 0 Å². The number of benzene rings is 2. The molecule has 2 rings (SSSR count). The second kappa shape index (κ2) is 8.75. The van der Waals surface area contributed by atoms with Crippen molar-refractivity contribution >= 4 is 17.6 Å². The van der Waals surface area contributed by atoms with Gasteiger partial charge in [0.2, 0.25) is 0 Å². The minimum atomic E-state index is -0.452. The van der Waals surface area contributed by atoms with E-state index < -0.39 is 11.9 Å². The van der Waals surface area contributed by atoms with Crippen LogP contribution in [0.15, 0.2) is 36.4 Å². The zero-order chi connectivity index (χ0) is 19.1. The van der Waals surface area contributed by atoms with Crippen molar-refractivity contribution in [1.29, 1.82) is 0 Å². The van der Waals surface area contributed by atoms with Crippen LogP contribution in [0.3, 0.4) is 0 Å². The van der Waals surface area contributed by atoms with Gasteiger partial charge in [-0.25, -0.2) is 4.79 Å². The van der Waals surface area contributed by atoms with Crippen molar-refractivity contribution in [3.05, 3.63) is 47.5 Å². The Bertz CT molecular complexity index is 803. The van der Waals surface area contributed by atoms with Crippen molar-refractivity contribution < 1.29 is 28.5 Å². The lowest BCUT2D eigenvalue weighted by molar-refractivity contribution is 0.0526. The molecule has 0 saturated heterocycles. The molecule has 7 heteroatoms. The van der Waals surface area contributed by atoms with Crippen LogP contribution in [0.2, 0.25) is 0 Å².